The molecule has 2 unspecified atom stereocenters. The van der Waals surface area contributed by atoms with Crippen LogP contribution >= 0.6 is 0 Å². The number of carboxylic acids is 1. The Labute approximate surface area is 130 Å². The summed E-state index contributed by atoms with van der Waals surface area (Å²) in [7, 11) is 1.78. The van der Waals surface area contributed by atoms with E-state index in [1.165, 1.54) is 12.1 Å². The van der Waals surface area contributed by atoms with Gasteiger partial charge in [0.2, 0.25) is 0 Å². The van der Waals surface area contributed by atoms with Gasteiger partial charge in [0, 0.05) is 25.7 Å². The van der Waals surface area contributed by atoms with Crippen molar-refractivity contribution in [2.45, 2.75) is 19.1 Å². The van der Waals surface area contributed by atoms with Crippen LogP contribution in [0.1, 0.15) is 18.5 Å². The monoisotopic (exact) mass is 310 g/mol. The molecule has 0 aromatic heterocycles. The Morgan fingerprint density at radius 2 is 2.18 bits per heavy atom. The average Bonchev–Trinajstić information content (AvgIpc) is 2.46. The molecule has 122 valence electrons. The van der Waals surface area contributed by atoms with E-state index in [1.54, 1.807) is 24.1 Å². The van der Waals surface area contributed by atoms with E-state index in [1.807, 2.05) is 0 Å². The number of carbonyl (C=O) groups is 1. The van der Waals surface area contributed by atoms with Gasteiger partial charge in [0.1, 0.15) is 5.82 Å². The van der Waals surface area contributed by atoms with Gasteiger partial charge in [0.15, 0.2) is 0 Å². The molecule has 0 amide bonds. The Kier molecular flexibility index (Phi) is 5.88. The smallest absolute Gasteiger partial charge is 0.317 e. The van der Waals surface area contributed by atoms with Gasteiger partial charge >= 0.3 is 5.97 Å². The number of carboxylic acid groups (broad SMARTS) is 1. The number of ether oxygens (including phenoxy) is 1. The van der Waals surface area contributed by atoms with E-state index < -0.39 is 5.97 Å². The lowest BCUT2D eigenvalue weighted by atomic mass is 10.1. The quantitative estimate of drug-likeness (QED) is 0.865. The van der Waals surface area contributed by atoms with E-state index in [0.717, 1.165) is 18.7 Å². The molecule has 0 saturated carbocycles. The maximum absolute atomic E-state index is 13.0. The van der Waals surface area contributed by atoms with E-state index in [2.05, 4.69) is 11.8 Å². The molecule has 1 fully saturated rings. The zero-order valence-electron chi connectivity index (χ0n) is 13.0. The number of benzene rings is 1. The van der Waals surface area contributed by atoms with Crippen LogP contribution in [-0.4, -0.2) is 66.8 Å². The lowest BCUT2D eigenvalue weighted by Gasteiger charge is -2.38. The molecule has 5 nitrogen and oxygen atoms in total. The maximum Gasteiger partial charge on any atom is 0.317 e. The van der Waals surface area contributed by atoms with Gasteiger partial charge < -0.3 is 9.84 Å². The Balaban J connectivity index is 1.92. The molecular weight excluding hydrogens is 287 g/mol. The second-order valence-corrected chi connectivity index (χ2v) is 5.81. The number of morpholine rings is 1. The predicted octanol–water partition coefficient (Wildman–Crippen LogP) is 1.60. The molecule has 2 atom stereocenters. The molecule has 1 aromatic carbocycles. The van der Waals surface area contributed by atoms with Gasteiger partial charge in [-0.25, -0.2) is 4.39 Å². The van der Waals surface area contributed by atoms with Crippen molar-refractivity contribution in [2.75, 3.05) is 39.8 Å². The molecule has 22 heavy (non-hydrogen) atoms. The second-order valence-electron chi connectivity index (χ2n) is 5.81. The van der Waals surface area contributed by atoms with Crippen LogP contribution in [-0.2, 0) is 9.53 Å². The lowest BCUT2D eigenvalue weighted by Crippen LogP contribution is -2.48. The number of hydrogen-bond donors (Lipinski definition) is 1. The number of nitrogens with zero attached hydrogens (tertiary/aromatic N) is 2. The highest BCUT2D eigenvalue weighted by Crippen LogP contribution is 2.23. The van der Waals surface area contributed by atoms with Crippen LogP contribution in [0, 0.1) is 5.82 Å². The van der Waals surface area contributed by atoms with E-state index in [0.29, 0.717) is 13.2 Å². The largest absolute Gasteiger partial charge is 0.480 e. The van der Waals surface area contributed by atoms with Gasteiger partial charge in [0.25, 0.3) is 0 Å². The molecule has 0 bridgehead atoms. The number of aliphatic carboxylic acids is 1. The summed E-state index contributed by atoms with van der Waals surface area (Å²) in [6.07, 6.45) is -0.0130. The summed E-state index contributed by atoms with van der Waals surface area (Å²) in [6.45, 7) is 4.86. The Bertz CT molecular complexity index is 495. The van der Waals surface area contributed by atoms with Crippen LogP contribution in [0.5, 0.6) is 0 Å². The average molecular weight is 310 g/mol. The topological polar surface area (TPSA) is 53.0 Å². The van der Waals surface area contributed by atoms with Gasteiger partial charge in [-0.3, -0.25) is 14.6 Å². The summed E-state index contributed by atoms with van der Waals surface area (Å²) in [6, 6.07) is 6.74. The van der Waals surface area contributed by atoms with Crippen molar-refractivity contribution in [1.29, 1.82) is 0 Å². The minimum Gasteiger partial charge on any atom is -0.480 e. The highest BCUT2D eigenvalue weighted by molar-refractivity contribution is 5.69. The van der Waals surface area contributed by atoms with Gasteiger partial charge in [-0.05, 0) is 31.7 Å². The molecule has 6 heteroatoms. The standard InChI is InChI=1S/C16H23FN2O3/c1-12(13-3-5-14(17)6-4-13)19-7-8-22-15(10-19)9-18(2)11-16(20)21/h3-6,12,15H,7-11H2,1-2H3,(H,20,21). The SMILES string of the molecule is CC(c1ccc(F)cc1)N1CCOC(CN(C)CC(=O)O)C1. The van der Waals surface area contributed by atoms with Gasteiger partial charge in [-0.1, -0.05) is 12.1 Å². The third-order valence-electron chi connectivity index (χ3n) is 3.99. The first-order valence-corrected chi connectivity index (χ1v) is 7.47. The fourth-order valence-corrected chi connectivity index (χ4v) is 2.80. The zero-order chi connectivity index (χ0) is 16.1. The summed E-state index contributed by atoms with van der Waals surface area (Å²) < 4.78 is 18.7. The number of likely N-dealkylation sites (N-methyl/N-ethyl adjacent to an activating group) is 1. The van der Waals surface area contributed by atoms with Crippen molar-refractivity contribution in [3.8, 4) is 0 Å². The highest BCUT2D eigenvalue weighted by Gasteiger charge is 2.26. The van der Waals surface area contributed by atoms with E-state index in [4.69, 9.17) is 9.84 Å². The summed E-state index contributed by atoms with van der Waals surface area (Å²) in [4.78, 5) is 14.7. The van der Waals surface area contributed by atoms with Crippen molar-refractivity contribution in [2.24, 2.45) is 0 Å². The van der Waals surface area contributed by atoms with Crippen molar-refractivity contribution in [3.05, 3.63) is 35.6 Å². The summed E-state index contributed by atoms with van der Waals surface area (Å²) in [5.41, 5.74) is 1.07. The zero-order valence-corrected chi connectivity index (χ0v) is 13.0. The van der Waals surface area contributed by atoms with E-state index >= 15 is 0 Å². The second kappa shape index (κ2) is 7.67. The van der Waals surface area contributed by atoms with Gasteiger partial charge in [0.05, 0.1) is 19.3 Å². The fourth-order valence-electron chi connectivity index (χ4n) is 2.80. The van der Waals surface area contributed by atoms with Crippen LogP contribution in [0.15, 0.2) is 24.3 Å². The molecule has 1 N–H and O–H groups in total. The minimum absolute atomic E-state index is 0.00732. The van der Waals surface area contributed by atoms with E-state index in [-0.39, 0.29) is 24.5 Å². The first kappa shape index (κ1) is 16.9. The molecule has 1 aliphatic rings. The maximum atomic E-state index is 13.0. The van der Waals surface area contributed by atoms with Crippen LogP contribution in [0.2, 0.25) is 0 Å². The molecule has 1 aliphatic heterocycles. The molecule has 1 heterocycles. The van der Waals surface area contributed by atoms with Crippen molar-refractivity contribution >= 4 is 5.97 Å². The number of hydrogen-bond acceptors (Lipinski definition) is 4. The molecule has 2 rings (SSSR count). The molecular formula is C16H23FN2O3. The molecule has 0 radical (unpaired) electrons. The van der Waals surface area contributed by atoms with Crippen LogP contribution < -0.4 is 0 Å². The summed E-state index contributed by atoms with van der Waals surface area (Å²) in [5.74, 6) is -1.07. The normalized spacial score (nSPS) is 21.0. The number of rotatable bonds is 6. The van der Waals surface area contributed by atoms with Crippen LogP contribution in [0.3, 0.4) is 0 Å². The van der Waals surface area contributed by atoms with Crippen molar-refractivity contribution in [1.82, 2.24) is 9.80 Å². The molecule has 1 saturated heterocycles. The summed E-state index contributed by atoms with van der Waals surface area (Å²) in [5, 5.41) is 8.80. The molecule has 0 spiro atoms. The highest BCUT2D eigenvalue weighted by atomic mass is 19.1. The Morgan fingerprint density at radius 3 is 2.82 bits per heavy atom. The van der Waals surface area contributed by atoms with E-state index in [9.17, 15) is 9.18 Å². The third kappa shape index (κ3) is 4.76. The van der Waals surface area contributed by atoms with Crippen molar-refractivity contribution in [3.63, 3.8) is 0 Å². The minimum atomic E-state index is -0.838. The third-order valence-corrected chi connectivity index (χ3v) is 3.99. The Hall–Kier alpha value is -1.50. The van der Waals surface area contributed by atoms with Crippen molar-refractivity contribution < 1.29 is 19.0 Å². The fraction of sp³-hybridized carbons (Fsp3) is 0.562. The number of halogens is 1. The molecule has 0 aliphatic carbocycles. The predicted molar refractivity (Wildman–Crippen MR) is 81.3 cm³/mol. The lowest BCUT2D eigenvalue weighted by molar-refractivity contribution is -0.138. The molecule has 1 aromatic rings. The van der Waals surface area contributed by atoms with Gasteiger partial charge in [-0.2, -0.15) is 0 Å². The Morgan fingerprint density at radius 1 is 1.50 bits per heavy atom. The van der Waals surface area contributed by atoms with Gasteiger partial charge in [-0.15, -0.1) is 0 Å². The van der Waals surface area contributed by atoms with Crippen LogP contribution in [0.25, 0.3) is 0 Å². The first-order chi connectivity index (χ1) is 10.5. The van der Waals surface area contributed by atoms with Crippen LogP contribution in [0.4, 0.5) is 4.39 Å². The summed E-state index contributed by atoms with van der Waals surface area (Å²) >= 11 is 0. The first-order valence-electron chi connectivity index (χ1n) is 7.47.